The van der Waals surface area contributed by atoms with Crippen molar-refractivity contribution in [3.8, 4) is 22.8 Å². The third-order valence-corrected chi connectivity index (χ3v) is 2.69. The van der Waals surface area contributed by atoms with Gasteiger partial charge in [0.25, 0.3) is 0 Å². The zero-order valence-electron chi connectivity index (χ0n) is 11.0. The molecule has 0 amide bonds. The molecule has 0 aliphatic rings. The van der Waals surface area contributed by atoms with Crippen LogP contribution in [-0.4, -0.2) is 23.6 Å². The maximum atomic E-state index is 12.5. The maximum absolute atomic E-state index is 12.5. The highest BCUT2D eigenvalue weighted by molar-refractivity contribution is 5.74. The van der Waals surface area contributed by atoms with Gasteiger partial charge in [0.2, 0.25) is 5.88 Å². The summed E-state index contributed by atoms with van der Waals surface area (Å²) in [5, 5.41) is 9.14. The first kappa shape index (κ1) is 15.1. The molecule has 21 heavy (non-hydrogen) atoms. The quantitative estimate of drug-likeness (QED) is 0.942. The second-order valence-electron chi connectivity index (χ2n) is 4.10. The minimum absolute atomic E-state index is 0.144. The number of ether oxygens (including phenoxy) is 2. The van der Waals surface area contributed by atoms with Gasteiger partial charge in [-0.3, -0.25) is 0 Å². The number of hydrogen-bond donors (Lipinski definition) is 1. The van der Waals surface area contributed by atoms with Crippen molar-refractivity contribution in [3.05, 3.63) is 42.1 Å². The molecular weight excluding hydrogens is 287 g/mol. The zero-order chi connectivity index (χ0) is 15.5. The fourth-order valence-electron chi connectivity index (χ4n) is 1.84. The largest absolute Gasteiger partial charge is 0.573 e. The van der Waals surface area contributed by atoms with Crippen molar-refractivity contribution in [1.82, 2.24) is 4.98 Å². The summed E-state index contributed by atoms with van der Waals surface area (Å²) in [7, 11) is 1.36. The number of halogens is 3. The normalized spacial score (nSPS) is 11.3. The second kappa shape index (κ2) is 6.01. The first-order valence-corrected chi connectivity index (χ1v) is 5.93. The molecule has 2 aromatic rings. The van der Waals surface area contributed by atoms with Crippen LogP contribution in [0.25, 0.3) is 11.1 Å². The van der Waals surface area contributed by atoms with Gasteiger partial charge in [-0.2, -0.15) is 0 Å². The summed E-state index contributed by atoms with van der Waals surface area (Å²) < 4.78 is 46.4. The summed E-state index contributed by atoms with van der Waals surface area (Å²) in [6, 6.07) is 7.17. The van der Waals surface area contributed by atoms with Gasteiger partial charge in [0.15, 0.2) is 0 Å². The van der Waals surface area contributed by atoms with Crippen LogP contribution in [0, 0.1) is 0 Å². The van der Waals surface area contributed by atoms with E-state index in [-0.39, 0.29) is 23.8 Å². The Kier molecular flexibility index (Phi) is 4.32. The number of hydrogen-bond acceptors (Lipinski definition) is 4. The average Bonchev–Trinajstić information content (AvgIpc) is 2.45. The van der Waals surface area contributed by atoms with E-state index < -0.39 is 6.36 Å². The van der Waals surface area contributed by atoms with Gasteiger partial charge in [0.05, 0.1) is 13.7 Å². The Morgan fingerprint density at radius 1 is 1.19 bits per heavy atom. The van der Waals surface area contributed by atoms with Crippen molar-refractivity contribution < 1.29 is 27.8 Å². The monoisotopic (exact) mass is 299 g/mol. The third-order valence-electron chi connectivity index (χ3n) is 2.69. The molecular formula is C14H12F3NO3. The lowest BCUT2D eigenvalue weighted by molar-refractivity contribution is -0.274. The fourth-order valence-corrected chi connectivity index (χ4v) is 1.84. The summed E-state index contributed by atoms with van der Waals surface area (Å²) >= 11 is 0. The second-order valence-corrected chi connectivity index (χ2v) is 4.10. The highest BCUT2D eigenvalue weighted by Gasteiger charge is 2.32. The van der Waals surface area contributed by atoms with Crippen molar-refractivity contribution in [2.75, 3.05) is 7.11 Å². The summed E-state index contributed by atoms with van der Waals surface area (Å²) in [4.78, 5) is 3.96. The van der Waals surface area contributed by atoms with Crippen LogP contribution in [0.4, 0.5) is 13.2 Å². The molecule has 0 fully saturated rings. The maximum Gasteiger partial charge on any atom is 0.573 e. The van der Waals surface area contributed by atoms with Crippen LogP contribution in [-0.2, 0) is 6.61 Å². The van der Waals surface area contributed by atoms with E-state index >= 15 is 0 Å². The Balaban J connectivity index is 2.56. The Morgan fingerprint density at radius 2 is 1.90 bits per heavy atom. The van der Waals surface area contributed by atoms with E-state index in [1.807, 2.05) is 0 Å². The van der Waals surface area contributed by atoms with Gasteiger partial charge in [0, 0.05) is 17.3 Å². The van der Waals surface area contributed by atoms with E-state index in [1.165, 1.54) is 37.6 Å². The number of para-hydroxylation sites is 1. The van der Waals surface area contributed by atoms with E-state index in [9.17, 15) is 13.2 Å². The number of pyridine rings is 1. The van der Waals surface area contributed by atoms with Crippen molar-refractivity contribution in [2.45, 2.75) is 13.0 Å². The lowest BCUT2D eigenvalue weighted by Gasteiger charge is -2.15. The van der Waals surface area contributed by atoms with E-state index in [0.717, 1.165) is 0 Å². The molecule has 0 unspecified atom stereocenters. The summed E-state index contributed by atoms with van der Waals surface area (Å²) in [6.45, 7) is -0.285. The molecule has 0 saturated carbocycles. The predicted octanol–water partition coefficient (Wildman–Crippen LogP) is 3.15. The number of aromatic nitrogens is 1. The number of rotatable bonds is 4. The number of nitrogens with zero attached hydrogens (tertiary/aromatic N) is 1. The fraction of sp³-hybridized carbons (Fsp3) is 0.214. The SMILES string of the molecule is COc1ncc(CO)cc1-c1ccccc1OC(F)(F)F. The van der Waals surface area contributed by atoms with Gasteiger partial charge in [0.1, 0.15) is 5.75 Å². The number of aliphatic hydroxyl groups is 1. The first-order valence-electron chi connectivity index (χ1n) is 5.93. The number of aliphatic hydroxyl groups excluding tert-OH is 1. The van der Waals surface area contributed by atoms with E-state index in [1.54, 1.807) is 6.07 Å². The average molecular weight is 299 g/mol. The molecule has 1 heterocycles. The topological polar surface area (TPSA) is 51.6 Å². The molecule has 0 aliphatic carbocycles. The Hall–Kier alpha value is -2.28. The minimum atomic E-state index is -4.80. The van der Waals surface area contributed by atoms with Gasteiger partial charge < -0.3 is 14.6 Å². The zero-order valence-corrected chi connectivity index (χ0v) is 11.0. The highest BCUT2D eigenvalue weighted by Crippen LogP contribution is 2.37. The molecule has 1 N–H and O–H groups in total. The van der Waals surface area contributed by atoms with Gasteiger partial charge in [-0.05, 0) is 17.7 Å². The van der Waals surface area contributed by atoms with Crippen LogP contribution in [0.5, 0.6) is 11.6 Å². The van der Waals surface area contributed by atoms with Crippen molar-refractivity contribution in [2.24, 2.45) is 0 Å². The van der Waals surface area contributed by atoms with Crippen molar-refractivity contribution >= 4 is 0 Å². The summed E-state index contributed by atoms with van der Waals surface area (Å²) in [6.07, 6.45) is -3.42. The van der Waals surface area contributed by atoms with Gasteiger partial charge in [-0.1, -0.05) is 18.2 Å². The molecule has 1 aromatic heterocycles. The molecule has 1 aromatic carbocycles. The molecule has 112 valence electrons. The summed E-state index contributed by atoms with van der Waals surface area (Å²) in [5.41, 5.74) is 0.936. The van der Waals surface area contributed by atoms with E-state index in [0.29, 0.717) is 11.1 Å². The summed E-state index contributed by atoms with van der Waals surface area (Å²) in [5.74, 6) is -0.217. The molecule has 0 atom stereocenters. The smallest absolute Gasteiger partial charge is 0.481 e. The van der Waals surface area contributed by atoms with Crippen LogP contribution in [0.15, 0.2) is 36.5 Å². The molecule has 0 saturated heterocycles. The molecule has 2 rings (SSSR count). The molecule has 0 aliphatic heterocycles. The van der Waals surface area contributed by atoms with Crippen LogP contribution in [0.3, 0.4) is 0 Å². The third kappa shape index (κ3) is 3.63. The lowest BCUT2D eigenvalue weighted by Crippen LogP contribution is -2.17. The molecule has 7 heteroatoms. The van der Waals surface area contributed by atoms with Gasteiger partial charge >= 0.3 is 6.36 Å². The van der Waals surface area contributed by atoms with Crippen molar-refractivity contribution in [3.63, 3.8) is 0 Å². The Bertz CT molecular complexity index is 629. The Labute approximate surface area is 118 Å². The van der Waals surface area contributed by atoms with Crippen LogP contribution >= 0.6 is 0 Å². The van der Waals surface area contributed by atoms with E-state index in [4.69, 9.17) is 9.84 Å². The van der Waals surface area contributed by atoms with Crippen LogP contribution in [0.2, 0.25) is 0 Å². The lowest BCUT2D eigenvalue weighted by atomic mass is 10.0. The Morgan fingerprint density at radius 3 is 2.52 bits per heavy atom. The number of methoxy groups -OCH3 is 1. The molecule has 0 bridgehead atoms. The highest BCUT2D eigenvalue weighted by atomic mass is 19.4. The molecule has 0 spiro atoms. The van der Waals surface area contributed by atoms with Crippen LogP contribution in [0.1, 0.15) is 5.56 Å². The van der Waals surface area contributed by atoms with Gasteiger partial charge in [-0.15, -0.1) is 13.2 Å². The predicted molar refractivity (Wildman–Crippen MR) is 68.8 cm³/mol. The number of benzene rings is 1. The van der Waals surface area contributed by atoms with Crippen molar-refractivity contribution in [1.29, 1.82) is 0 Å². The van der Waals surface area contributed by atoms with Gasteiger partial charge in [-0.25, -0.2) is 4.98 Å². The first-order chi connectivity index (χ1) is 9.94. The molecule has 4 nitrogen and oxygen atoms in total. The van der Waals surface area contributed by atoms with Crippen LogP contribution < -0.4 is 9.47 Å². The van der Waals surface area contributed by atoms with E-state index in [2.05, 4.69) is 9.72 Å². The number of alkyl halides is 3. The standard InChI is InChI=1S/C14H12F3NO3/c1-20-13-11(6-9(8-19)7-18-13)10-4-2-3-5-12(10)21-14(15,16)17/h2-7,19H,8H2,1H3. The minimum Gasteiger partial charge on any atom is -0.481 e. The molecule has 0 radical (unpaired) electrons.